The third-order valence-electron chi connectivity index (χ3n) is 4.61. The van der Waals surface area contributed by atoms with Crippen LogP contribution in [0.3, 0.4) is 0 Å². The van der Waals surface area contributed by atoms with Crippen molar-refractivity contribution >= 4 is 11.9 Å². The van der Waals surface area contributed by atoms with E-state index in [1.54, 1.807) is 4.90 Å². The van der Waals surface area contributed by atoms with Gasteiger partial charge in [-0.15, -0.1) is 0 Å². The third-order valence-corrected chi connectivity index (χ3v) is 4.61. The van der Waals surface area contributed by atoms with E-state index in [4.69, 9.17) is 0 Å². The van der Waals surface area contributed by atoms with Gasteiger partial charge in [0.2, 0.25) is 5.91 Å². The quantitative estimate of drug-likeness (QED) is 0.816. The van der Waals surface area contributed by atoms with Crippen LogP contribution in [0.2, 0.25) is 0 Å². The summed E-state index contributed by atoms with van der Waals surface area (Å²) in [5.74, 6) is -0.485. The largest absolute Gasteiger partial charge is 0.481 e. The van der Waals surface area contributed by atoms with E-state index in [0.29, 0.717) is 25.9 Å². The maximum absolute atomic E-state index is 12.2. The zero-order valence-corrected chi connectivity index (χ0v) is 10.8. The maximum atomic E-state index is 12.2. The number of hydrogen-bond donors (Lipinski definition) is 1. The Balaban J connectivity index is 2.03. The lowest BCUT2D eigenvalue weighted by molar-refractivity contribution is -0.148. The van der Waals surface area contributed by atoms with Crippen LogP contribution in [0.4, 0.5) is 0 Å². The molecule has 1 aliphatic carbocycles. The summed E-state index contributed by atoms with van der Waals surface area (Å²) in [6.45, 7) is 7.07. The lowest BCUT2D eigenvalue weighted by Crippen LogP contribution is -2.37. The third kappa shape index (κ3) is 1.94. The van der Waals surface area contributed by atoms with E-state index in [0.717, 1.165) is 6.42 Å². The summed E-state index contributed by atoms with van der Waals surface area (Å²) >= 11 is 0. The SMILES string of the molecule is CCC1(C(=O)O)CCN(C(=O)C2CC2(C)C)C1. The molecule has 1 saturated carbocycles. The molecule has 2 atom stereocenters. The fourth-order valence-corrected chi connectivity index (χ4v) is 2.78. The molecule has 0 bridgehead atoms. The highest BCUT2D eigenvalue weighted by atomic mass is 16.4. The van der Waals surface area contributed by atoms with E-state index < -0.39 is 11.4 Å². The molecule has 2 aliphatic rings. The maximum Gasteiger partial charge on any atom is 0.311 e. The Bertz CT molecular complexity index is 364. The van der Waals surface area contributed by atoms with Gasteiger partial charge in [-0.05, 0) is 24.7 Å². The molecule has 96 valence electrons. The monoisotopic (exact) mass is 239 g/mol. The Kier molecular flexibility index (Phi) is 2.71. The van der Waals surface area contributed by atoms with Crippen molar-refractivity contribution in [1.29, 1.82) is 0 Å². The van der Waals surface area contributed by atoms with Crippen molar-refractivity contribution in [2.75, 3.05) is 13.1 Å². The van der Waals surface area contributed by atoms with Crippen molar-refractivity contribution in [3.05, 3.63) is 0 Å². The molecule has 0 spiro atoms. The normalized spacial score (nSPS) is 34.8. The van der Waals surface area contributed by atoms with Crippen LogP contribution in [0.25, 0.3) is 0 Å². The van der Waals surface area contributed by atoms with Gasteiger partial charge in [0, 0.05) is 19.0 Å². The van der Waals surface area contributed by atoms with Crippen LogP contribution in [0.1, 0.15) is 40.0 Å². The van der Waals surface area contributed by atoms with Crippen molar-refractivity contribution in [2.24, 2.45) is 16.7 Å². The van der Waals surface area contributed by atoms with Gasteiger partial charge in [0.1, 0.15) is 0 Å². The van der Waals surface area contributed by atoms with Gasteiger partial charge >= 0.3 is 5.97 Å². The Morgan fingerprint density at radius 3 is 2.35 bits per heavy atom. The van der Waals surface area contributed by atoms with Crippen molar-refractivity contribution in [3.63, 3.8) is 0 Å². The fraction of sp³-hybridized carbons (Fsp3) is 0.846. The van der Waals surface area contributed by atoms with E-state index in [1.807, 2.05) is 6.92 Å². The van der Waals surface area contributed by atoms with Crippen molar-refractivity contribution in [2.45, 2.75) is 40.0 Å². The van der Waals surface area contributed by atoms with Gasteiger partial charge < -0.3 is 10.0 Å². The standard InChI is InChI=1S/C13H21NO3/c1-4-13(11(16)17)5-6-14(8-13)10(15)9-7-12(9,2)3/h9H,4-8H2,1-3H3,(H,16,17). The van der Waals surface area contributed by atoms with Crippen molar-refractivity contribution in [1.82, 2.24) is 4.90 Å². The Morgan fingerprint density at radius 2 is 2.00 bits per heavy atom. The van der Waals surface area contributed by atoms with Crippen LogP contribution in [0.5, 0.6) is 0 Å². The summed E-state index contributed by atoms with van der Waals surface area (Å²) in [5, 5.41) is 9.28. The number of carbonyl (C=O) groups is 2. The number of aliphatic carboxylic acids is 1. The molecule has 0 aromatic heterocycles. The number of hydrogen-bond acceptors (Lipinski definition) is 2. The number of carboxylic acid groups (broad SMARTS) is 1. The lowest BCUT2D eigenvalue weighted by Gasteiger charge is -2.23. The number of likely N-dealkylation sites (tertiary alicyclic amines) is 1. The molecule has 0 aromatic rings. The zero-order chi connectivity index (χ0) is 12.8. The van der Waals surface area contributed by atoms with Gasteiger partial charge in [-0.25, -0.2) is 0 Å². The molecule has 1 saturated heterocycles. The van der Waals surface area contributed by atoms with Crippen LogP contribution < -0.4 is 0 Å². The molecule has 1 N–H and O–H groups in total. The Labute approximate surface area is 102 Å². The van der Waals surface area contributed by atoms with Gasteiger partial charge in [-0.2, -0.15) is 0 Å². The summed E-state index contributed by atoms with van der Waals surface area (Å²) in [4.78, 5) is 25.2. The number of carbonyl (C=O) groups excluding carboxylic acids is 1. The summed E-state index contributed by atoms with van der Waals surface area (Å²) in [5.41, 5.74) is -0.577. The van der Waals surface area contributed by atoms with Crippen LogP contribution in [0, 0.1) is 16.7 Å². The molecule has 2 unspecified atom stereocenters. The van der Waals surface area contributed by atoms with Gasteiger partial charge in [0.05, 0.1) is 5.41 Å². The molecule has 1 heterocycles. The van der Waals surface area contributed by atoms with Crippen molar-refractivity contribution in [3.8, 4) is 0 Å². The number of carboxylic acids is 1. The van der Waals surface area contributed by atoms with E-state index in [9.17, 15) is 14.7 Å². The molecular formula is C13H21NO3. The molecule has 1 amide bonds. The van der Waals surface area contributed by atoms with E-state index in [2.05, 4.69) is 13.8 Å². The summed E-state index contributed by atoms with van der Waals surface area (Å²) in [7, 11) is 0. The second-order valence-electron chi connectivity index (χ2n) is 6.19. The van der Waals surface area contributed by atoms with E-state index in [1.165, 1.54) is 0 Å². The molecular weight excluding hydrogens is 218 g/mol. The minimum absolute atomic E-state index is 0.115. The first-order valence-corrected chi connectivity index (χ1v) is 6.34. The minimum atomic E-state index is -0.759. The Hall–Kier alpha value is -1.06. The fourth-order valence-electron chi connectivity index (χ4n) is 2.78. The first kappa shape index (κ1) is 12.4. The first-order valence-electron chi connectivity index (χ1n) is 6.34. The summed E-state index contributed by atoms with van der Waals surface area (Å²) < 4.78 is 0. The average molecular weight is 239 g/mol. The van der Waals surface area contributed by atoms with Crippen LogP contribution in [0.15, 0.2) is 0 Å². The van der Waals surface area contributed by atoms with Gasteiger partial charge in [-0.1, -0.05) is 20.8 Å². The Morgan fingerprint density at radius 1 is 1.41 bits per heavy atom. The molecule has 4 nitrogen and oxygen atoms in total. The number of nitrogens with zero attached hydrogens (tertiary/aromatic N) is 1. The average Bonchev–Trinajstić information content (AvgIpc) is 2.75. The molecule has 2 rings (SSSR count). The molecule has 0 radical (unpaired) electrons. The predicted octanol–water partition coefficient (Wildman–Crippen LogP) is 1.75. The number of amides is 1. The van der Waals surface area contributed by atoms with Gasteiger partial charge in [-0.3, -0.25) is 9.59 Å². The van der Waals surface area contributed by atoms with E-state index in [-0.39, 0.29) is 17.2 Å². The zero-order valence-electron chi connectivity index (χ0n) is 10.8. The first-order chi connectivity index (χ1) is 7.82. The minimum Gasteiger partial charge on any atom is -0.481 e. The second kappa shape index (κ2) is 3.72. The highest BCUT2D eigenvalue weighted by Crippen LogP contribution is 2.53. The van der Waals surface area contributed by atoms with Crippen LogP contribution >= 0.6 is 0 Å². The molecule has 4 heteroatoms. The second-order valence-corrected chi connectivity index (χ2v) is 6.19. The highest BCUT2D eigenvalue weighted by molar-refractivity contribution is 5.84. The predicted molar refractivity (Wildman–Crippen MR) is 63.4 cm³/mol. The molecule has 2 fully saturated rings. The number of rotatable bonds is 3. The van der Waals surface area contributed by atoms with Crippen molar-refractivity contribution < 1.29 is 14.7 Å². The molecule has 0 aromatic carbocycles. The van der Waals surface area contributed by atoms with Crippen LogP contribution in [-0.2, 0) is 9.59 Å². The topological polar surface area (TPSA) is 57.6 Å². The van der Waals surface area contributed by atoms with E-state index >= 15 is 0 Å². The summed E-state index contributed by atoms with van der Waals surface area (Å²) in [6.07, 6.45) is 2.13. The smallest absolute Gasteiger partial charge is 0.311 e. The van der Waals surface area contributed by atoms with Crippen LogP contribution in [-0.4, -0.2) is 35.0 Å². The molecule has 17 heavy (non-hydrogen) atoms. The lowest BCUT2D eigenvalue weighted by atomic mass is 9.84. The highest BCUT2D eigenvalue weighted by Gasteiger charge is 2.54. The van der Waals surface area contributed by atoms with Gasteiger partial charge in [0.25, 0.3) is 0 Å². The molecule has 1 aliphatic heterocycles. The summed E-state index contributed by atoms with van der Waals surface area (Å²) in [6, 6.07) is 0. The van der Waals surface area contributed by atoms with Gasteiger partial charge in [0.15, 0.2) is 0 Å².